The van der Waals surface area contributed by atoms with Crippen LogP contribution in [0.4, 0.5) is 0 Å². The van der Waals surface area contributed by atoms with Gasteiger partial charge in [-0.05, 0) is 41.3 Å². The molecule has 1 heterocycles. The van der Waals surface area contributed by atoms with Gasteiger partial charge in [-0.15, -0.1) is 0 Å². The molecule has 2 rings (SSSR count). The maximum atomic E-state index is 11.8. The molecule has 1 saturated carbocycles. The molecule has 0 spiro atoms. The summed E-state index contributed by atoms with van der Waals surface area (Å²) in [6.07, 6.45) is 4.83. The van der Waals surface area contributed by atoms with Gasteiger partial charge in [0.25, 0.3) is 5.91 Å². The van der Waals surface area contributed by atoms with Crippen LogP contribution in [-0.2, 0) is 0 Å². The van der Waals surface area contributed by atoms with E-state index >= 15 is 0 Å². The molecule has 0 aromatic carbocycles. The van der Waals surface area contributed by atoms with Gasteiger partial charge >= 0.3 is 0 Å². The van der Waals surface area contributed by atoms with Crippen molar-refractivity contribution in [2.45, 2.75) is 25.3 Å². The molecular weight excluding hydrogens is 279 g/mol. The number of nitrogens with zero attached hydrogens (tertiary/aromatic N) is 1. The molecule has 0 aliphatic heterocycles. The van der Waals surface area contributed by atoms with Crippen LogP contribution in [0.15, 0.2) is 16.9 Å². The lowest BCUT2D eigenvalue weighted by molar-refractivity contribution is 0.0915. The Morgan fingerprint density at radius 1 is 1.60 bits per heavy atom. The molecule has 0 bridgehead atoms. The number of hydrogen-bond acceptors (Lipinski definition) is 2. The van der Waals surface area contributed by atoms with E-state index in [-0.39, 0.29) is 5.91 Å². The quantitative estimate of drug-likeness (QED) is 0.851. The van der Waals surface area contributed by atoms with E-state index in [1.54, 1.807) is 6.07 Å². The fourth-order valence-corrected chi connectivity index (χ4v) is 1.95. The minimum Gasteiger partial charge on any atom is -0.349 e. The van der Waals surface area contributed by atoms with E-state index in [1.165, 1.54) is 12.6 Å². The minimum absolute atomic E-state index is 0.110. The number of pyridine rings is 1. The predicted octanol–water partition coefficient (Wildman–Crippen LogP) is 2.78. The summed E-state index contributed by atoms with van der Waals surface area (Å²) >= 11 is 9.01. The van der Waals surface area contributed by atoms with Crippen molar-refractivity contribution < 1.29 is 4.79 Å². The van der Waals surface area contributed by atoms with Gasteiger partial charge in [-0.3, -0.25) is 4.79 Å². The zero-order valence-electron chi connectivity index (χ0n) is 7.96. The summed E-state index contributed by atoms with van der Waals surface area (Å²) in [6, 6.07) is 1.94. The average Bonchev–Trinajstić information content (AvgIpc) is 2.15. The lowest BCUT2D eigenvalue weighted by Crippen LogP contribution is -2.39. The number of carbonyl (C=O) groups excluding carboxylic acids is 1. The molecule has 0 radical (unpaired) electrons. The Morgan fingerprint density at radius 2 is 2.33 bits per heavy atom. The molecule has 1 aliphatic carbocycles. The fraction of sp³-hybridized carbons (Fsp3) is 0.400. The molecule has 3 nitrogen and oxygen atoms in total. The highest BCUT2D eigenvalue weighted by atomic mass is 79.9. The third-order valence-corrected chi connectivity index (χ3v) is 3.33. The Hall–Kier alpha value is -0.610. The van der Waals surface area contributed by atoms with Gasteiger partial charge in [-0.25, -0.2) is 4.98 Å². The molecule has 0 unspecified atom stereocenters. The Bertz CT molecular complexity index is 393. The van der Waals surface area contributed by atoms with E-state index in [1.807, 2.05) is 0 Å². The van der Waals surface area contributed by atoms with Crippen molar-refractivity contribution >= 4 is 33.4 Å². The monoisotopic (exact) mass is 288 g/mol. The first-order chi connectivity index (χ1) is 7.16. The van der Waals surface area contributed by atoms with Crippen molar-refractivity contribution in [2.24, 2.45) is 0 Å². The average molecular weight is 290 g/mol. The lowest BCUT2D eigenvalue weighted by Gasteiger charge is -2.26. The number of amides is 1. The Kier molecular flexibility index (Phi) is 3.26. The molecule has 0 atom stereocenters. The van der Waals surface area contributed by atoms with Gasteiger partial charge in [-0.2, -0.15) is 0 Å². The van der Waals surface area contributed by atoms with Crippen molar-refractivity contribution in [2.75, 3.05) is 0 Å². The molecule has 1 amide bonds. The standard InChI is InChI=1S/C10H10BrClN2O/c11-9-8(4-6(12)5-13-9)10(15)14-7-2-1-3-7/h4-5,7H,1-3H2,(H,14,15). The van der Waals surface area contributed by atoms with Crippen molar-refractivity contribution in [3.63, 3.8) is 0 Å². The van der Waals surface area contributed by atoms with Gasteiger partial charge in [0.05, 0.1) is 10.6 Å². The van der Waals surface area contributed by atoms with Crippen LogP contribution in [0.25, 0.3) is 0 Å². The first-order valence-electron chi connectivity index (χ1n) is 4.79. The maximum absolute atomic E-state index is 11.8. The fourth-order valence-electron chi connectivity index (χ4n) is 1.40. The van der Waals surface area contributed by atoms with Gasteiger partial charge in [0, 0.05) is 12.2 Å². The summed E-state index contributed by atoms with van der Waals surface area (Å²) in [5, 5.41) is 3.40. The lowest BCUT2D eigenvalue weighted by atomic mass is 9.93. The smallest absolute Gasteiger partial charge is 0.254 e. The second-order valence-corrected chi connectivity index (χ2v) is 4.78. The van der Waals surface area contributed by atoms with Crippen LogP contribution in [-0.4, -0.2) is 16.9 Å². The third-order valence-electron chi connectivity index (χ3n) is 2.49. The highest BCUT2D eigenvalue weighted by molar-refractivity contribution is 9.10. The zero-order valence-corrected chi connectivity index (χ0v) is 10.3. The molecule has 1 aromatic rings. The summed E-state index contributed by atoms with van der Waals surface area (Å²) in [7, 11) is 0. The van der Waals surface area contributed by atoms with E-state index in [4.69, 9.17) is 11.6 Å². The van der Waals surface area contributed by atoms with Crippen LogP contribution in [0.3, 0.4) is 0 Å². The summed E-state index contributed by atoms with van der Waals surface area (Å²) in [5.41, 5.74) is 0.495. The van der Waals surface area contributed by atoms with Gasteiger partial charge in [0.1, 0.15) is 4.60 Å². The Labute approximate surface area is 101 Å². The van der Waals surface area contributed by atoms with Crippen LogP contribution in [0.1, 0.15) is 29.6 Å². The molecule has 1 N–H and O–H groups in total. The highest BCUT2D eigenvalue weighted by Crippen LogP contribution is 2.21. The zero-order chi connectivity index (χ0) is 10.8. The first kappa shape index (κ1) is 10.9. The van der Waals surface area contributed by atoms with E-state index < -0.39 is 0 Å². The predicted molar refractivity (Wildman–Crippen MR) is 62.1 cm³/mol. The molecule has 1 fully saturated rings. The van der Waals surface area contributed by atoms with Crippen LogP contribution in [0, 0.1) is 0 Å². The Balaban J connectivity index is 2.12. The van der Waals surface area contributed by atoms with Gasteiger partial charge in [0.15, 0.2) is 0 Å². The van der Waals surface area contributed by atoms with E-state index in [2.05, 4.69) is 26.2 Å². The number of aromatic nitrogens is 1. The highest BCUT2D eigenvalue weighted by Gasteiger charge is 2.21. The summed E-state index contributed by atoms with van der Waals surface area (Å²) in [5.74, 6) is -0.110. The number of rotatable bonds is 2. The third kappa shape index (κ3) is 2.49. The Morgan fingerprint density at radius 3 is 2.93 bits per heavy atom. The van der Waals surface area contributed by atoms with E-state index in [9.17, 15) is 4.79 Å². The van der Waals surface area contributed by atoms with Crippen LogP contribution >= 0.6 is 27.5 Å². The number of halogens is 2. The van der Waals surface area contributed by atoms with E-state index in [0.717, 1.165) is 12.8 Å². The molecule has 15 heavy (non-hydrogen) atoms. The van der Waals surface area contributed by atoms with E-state index in [0.29, 0.717) is 21.2 Å². The van der Waals surface area contributed by atoms with Crippen LogP contribution < -0.4 is 5.32 Å². The first-order valence-corrected chi connectivity index (χ1v) is 5.96. The molecule has 1 aromatic heterocycles. The number of nitrogens with one attached hydrogen (secondary N) is 1. The van der Waals surface area contributed by atoms with Gasteiger partial charge in [0.2, 0.25) is 0 Å². The summed E-state index contributed by atoms with van der Waals surface area (Å²) in [4.78, 5) is 15.8. The normalized spacial score (nSPS) is 15.9. The maximum Gasteiger partial charge on any atom is 0.254 e. The van der Waals surface area contributed by atoms with Crippen molar-refractivity contribution in [3.8, 4) is 0 Å². The number of hydrogen-bond donors (Lipinski definition) is 1. The summed E-state index contributed by atoms with van der Waals surface area (Å²) in [6.45, 7) is 0. The van der Waals surface area contributed by atoms with Crippen molar-refractivity contribution in [3.05, 3.63) is 27.5 Å². The second kappa shape index (κ2) is 4.49. The topological polar surface area (TPSA) is 42.0 Å². The van der Waals surface area contributed by atoms with Gasteiger partial charge in [-0.1, -0.05) is 11.6 Å². The molecule has 80 valence electrons. The second-order valence-electron chi connectivity index (χ2n) is 3.59. The largest absolute Gasteiger partial charge is 0.349 e. The van der Waals surface area contributed by atoms with Crippen LogP contribution in [0.5, 0.6) is 0 Å². The van der Waals surface area contributed by atoms with Crippen molar-refractivity contribution in [1.29, 1.82) is 0 Å². The van der Waals surface area contributed by atoms with Crippen molar-refractivity contribution in [1.82, 2.24) is 10.3 Å². The SMILES string of the molecule is O=C(NC1CCC1)c1cc(Cl)cnc1Br. The number of carbonyl (C=O) groups is 1. The molecule has 0 saturated heterocycles. The summed E-state index contributed by atoms with van der Waals surface area (Å²) < 4.78 is 0.531. The minimum atomic E-state index is -0.110. The molecular formula is C10H10BrClN2O. The molecule has 5 heteroatoms. The van der Waals surface area contributed by atoms with Crippen LogP contribution in [0.2, 0.25) is 5.02 Å². The van der Waals surface area contributed by atoms with Gasteiger partial charge < -0.3 is 5.32 Å². The molecule has 1 aliphatic rings.